The van der Waals surface area contributed by atoms with Crippen LogP contribution in [0.1, 0.15) is 16.7 Å². The molecule has 0 spiro atoms. The number of nitrogens with zero attached hydrogens (tertiary/aromatic N) is 3. The summed E-state index contributed by atoms with van der Waals surface area (Å²) in [5.74, 6) is 1.03. The molecule has 0 radical (unpaired) electrons. The van der Waals surface area contributed by atoms with E-state index in [1.165, 1.54) is 0 Å². The Morgan fingerprint density at radius 1 is 0.846 bits per heavy atom. The molecule has 0 unspecified atom stereocenters. The van der Waals surface area contributed by atoms with E-state index in [1.54, 1.807) is 10.9 Å². The zero-order chi connectivity index (χ0) is 26.9. The lowest BCUT2D eigenvalue weighted by molar-refractivity contribution is -0.123. The van der Waals surface area contributed by atoms with Crippen LogP contribution in [0.3, 0.4) is 0 Å². The second-order valence-electron chi connectivity index (χ2n) is 8.91. The number of carbonyl (C=O) groups excluding carboxylic acids is 1. The lowest BCUT2D eigenvalue weighted by atomic mass is 10.1. The van der Waals surface area contributed by atoms with Crippen LogP contribution < -0.4 is 14.9 Å². The smallest absolute Gasteiger partial charge is 0.277 e. The molecule has 0 aliphatic carbocycles. The number of hydrogen-bond acceptors (Lipinski definition) is 5. The fourth-order valence-corrected chi connectivity index (χ4v) is 3.86. The summed E-state index contributed by atoms with van der Waals surface area (Å²) in [6.45, 7) is 2.35. The van der Waals surface area contributed by atoms with Crippen molar-refractivity contribution in [3.8, 4) is 28.4 Å². The van der Waals surface area contributed by atoms with Crippen LogP contribution in [0.2, 0.25) is 0 Å². The number of aromatic nitrogens is 2. The van der Waals surface area contributed by atoms with E-state index in [0.717, 1.165) is 39.4 Å². The van der Waals surface area contributed by atoms with E-state index in [4.69, 9.17) is 14.6 Å². The van der Waals surface area contributed by atoms with Crippen LogP contribution in [0.5, 0.6) is 11.5 Å². The molecule has 194 valence electrons. The molecule has 1 heterocycles. The highest BCUT2D eigenvalue weighted by Gasteiger charge is 2.12. The summed E-state index contributed by atoms with van der Waals surface area (Å²) in [6.07, 6.45) is 3.47. The Morgan fingerprint density at radius 2 is 1.49 bits per heavy atom. The highest BCUT2D eigenvalue weighted by Crippen LogP contribution is 2.25. The number of rotatable bonds is 10. The SMILES string of the molecule is Cc1ccc(OCC(=O)N/N=C\c2cn(-c3ccccc3)nc2-c2ccc(OCc3ccccc3)cc2)cc1. The molecule has 1 amide bonds. The molecule has 5 rings (SSSR count). The molecule has 0 saturated heterocycles. The van der Waals surface area contributed by atoms with Gasteiger partial charge in [0.15, 0.2) is 6.61 Å². The molecule has 7 nitrogen and oxygen atoms in total. The molecule has 0 aliphatic rings. The predicted molar refractivity (Wildman–Crippen MR) is 152 cm³/mol. The van der Waals surface area contributed by atoms with Crippen molar-refractivity contribution >= 4 is 12.1 Å². The van der Waals surface area contributed by atoms with Gasteiger partial charge in [-0.3, -0.25) is 4.79 Å². The number of ether oxygens (including phenoxy) is 2. The van der Waals surface area contributed by atoms with Crippen molar-refractivity contribution in [1.29, 1.82) is 0 Å². The third kappa shape index (κ3) is 6.99. The van der Waals surface area contributed by atoms with E-state index in [0.29, 0.717) is 12.4 Å². The Bertz CT molecular complexity index is 1530. The van der Waals surface area contributed by atoms with Crippen LogP contribution in [-0.4, -0.2) is 28.5 Å². The summed E-state index contributed by atoms with van der Waals surface area (Å²) in [7, 11) is 0. The Labute approximate surface area is 227 Å². The Balaban J connectivity index is 1.29. The van der Waals surface area contributed by atoms with Crippen molar-refractivity contribution in [1.82, 2.24) is 15.2 Å². The van der Waals surface area contributed by atoms with Crippen LogP contribution >= 0.6 is 0 Å². The normalized spacial score (nSPS) is 10.9. The molecule has 1 aromatic heterocycles. The van der Waals surface area contributed by atoms with Crippen LogP contribution in [0.25, 0.3) is 16.9 Å². The van der Waals surface area contributed by atoms with Crippen LogP contribution in [0.4, 0.5) is 0 Å². The summed E-state index contributed by atoms with van der Waals surface area (Å²) in [5.41, 5.74) is 8.04. The summed E-state index contributed by atoms with van der Waals surface area (Å²) in [6, 6.07) is 35.1. The summed E-state index contributed by atoms with van der Waals surface area (Å²) in [5, 5.41) is 8.96. The molecule has 0 saturated carbocycles. The highest BCUT2D eigenvalue weighted by molar-refractivity contribution is 5.89. The topological polar surface area (TPSA) is 77.7 Å². The molecular formula is C32H28N4O3. The number of nitrogens with one attached hydrogen (secondary N) is 1. The van der Waals surface area contributed by atoms with Crippen molar-refractivity contribution < 1.29 is 14.3 Å². The van der Waals surface area contributed by atoms with E-state index in [2.05, 4.69) is 10.5 Å². The van der Waals surface area contributed by atoms with Gasteiger partial charge in [0.1, 0.15) is 23.8 Å². The summed E-state index contributed by atoms with van der Waals surface area (Å²) >= 11 is 0. The zero-order valence-electron chi connectivity index (χ0n) is 21.5. The average molecular weight is 517 g/mol. The van der Waals surface area contributed by atoms with Crippen molar-refractivity contribution in [2.75, 3.05) is 6.61 Å². The first-order valence-corrected chi connectivity index (χ1v) is 12.6. The van der Waals surface area contributed by atoms with Gasteiger partial charge in [-0.05, 0) is 61.0 Å². The number of benzene rings is 4. The molecule has 0 atom stereocenters. The minimum absolute atomic E-state index is 0.138. The molecule has 39 heavy (non-hydrogen) atoms. The van der Waals surface area contributed by atoms with Gasteiger partial charge in [-0.25, -0.2) is 10.1 Å². The monoisotopic (exact) mass is 516 g/mol. The quantitative estimate of drug-likeness (QED) is 0.184. The largest absolute Gasteiger partial charge is 0.489 e. The maximum absolute atomic E-state index is 12.3. The molecule has 5 aromatic rings. The number of para-hydroxylation sites is 1. The van der Waals surface area contributed by atoms with Crippen molar-refractivity contribution in [2.45, 2.75) is 13.5 Å². The van der Waals surface area contributed by atoms with E-state index < -0.39 is 0 Å². The Kier molecular flexibility index (Phi) is 8.09. The number of amides is 1. The standard InChI is InChI=1S/C32H28N4O3/c1-24-12-16-29(17-13-24)39-23-31(37)34-33-20-27-21-36(28-10-6-3-7-11-28)35-32(27)26-14-18-30(19-15-26)38-22-25-8-4-2-5-9-25/h2-21H,22-23H2,1H3,(H,34,37)/b33-20-. The van der Waals surface area contributed by atoms with Crippen molar-refractivity contribution in [3.63, 3.8) is 0 Å². The highest BCUT2D eigenvalue weighted by atomic mass is 16.5. The molecule has 0 fully saturated rings. The Hall–Kier alpha value is -5.17. The van der Waals surface area contributed by atoms with Gasteiger partial charge in [0.2, 0.25) is 0 Å². The van der Waals surface area contributed by atoms with Crippen molar-refractivity contribution in [2.24, 2.45) is 5.10 Å². The molecule has 0 bridgehead atoms. The van der Waals surface area contributed by atoms with Gasteiger partial charge < -0.3 is 9.47 Å². The number of carbonyl (C=O) groups is 1. The first-order chi connectivity index (χ1) is 19.1. The maximum Gasteiger partial charge on any atom is 0.277 e. The van der Waals surface area contributed by atoms with Gasteiger partial charge in [-0.2, -0.15) is 10.2 Å². The zero-order valence-corrected chi connectivity index (χ0v) is 21.5. The van der Waals surface area contributed by atoms with Gasteiger partial charge in [0.05, 0.1) is 11.9 Å². The predicted octanol–water partition coefficient (Wildman–Crippen LogP) is 5.96. The summed E-state index contributed by atoms with van der Waals surface area (Å²) in [4.78, 5) is 12.3. The van der Waals surface area contributed by atoms with Crippen LogP contribution in [-0.2, 0) is 11.4 Å². The molecule has 1 N–H and O–H groups in total. The van der Waals surface area contributed by atoms with E-state index >= 15 is 0 Å². The van der Waals surface area contributed by atoms with E-state index in [1.807, 2.05) is 122 Å². The van der Waals surface area contributed by atoms with E-state index in [-0.39, 0.29) is 12.5 Å². The van der Waals surface area contributed by atoms with Crippen molar-refractivity contribution in [3.05, 3.63) is 132 Å². The van der Waals surface area contributed by atoms with Gasteiger partial charge in [-0.15, -0.1) is 0 Å². The minimum Gasteiger partial charge on any atom is -0.489 e. The number of hydrogen-bond donors (Lipinski definition) is 1. The molecule has 7 heteroatoms. The van der Waals surface area contributed by atoms with Gasteiger partial charge in [-0.1, -0.05) is 66.2 Å². The van der Waals surface area contributed by atoms with Gasteiger partial charge in [0, 0.05) is 17.3 Å². The van der Waals surface area contributed by atoms with E-state index in [9.17, 15) is 4.79 Å². The molecular weight excluding hydrogens is 488 g/mol. The van der Waals surface area contributed by atoms with Crippen LogP contribution in [0, 0.1) is 6.92 Å². The fraction of sp³-hybridized carbons (Fsp3) is 0.0938. The first-order valence-electron chi connectivity index (χ1n) is 12.6. The first kappa shape index (κ1) is 25.5. The Morgan fingerprint density at radius 3 is 2.21 bits per heavy atom. The lowest BCUT2D eigenvalue weighted by Gasteiger charge is -2.07. The second-order valence-corrected chi connectivity index (χ2v) is 8.91. The number of hydrazone groups is 1. The number of aryl methyl sites for hydroxylation is 1. The third-order valence-electron chi connectivity index (χ3n) is 5.92. The van der Waals surface area contributed by atoms with Gasteiger partial charge >= 0.3 is 0 Å². The second kappa shape index (κ2) is 12.4. The average Bonchev–Trinajstić information content (AvgIpc) is 3.41. The fourth-order valence-electron chi connectivity index (χ4n) is 3.86. The third-order valence-corrected chi connectivity index (χ3v) is 5.92. The molecule has 0 aliphatic heterocycles. The minimum atomic E-state index is -0.358. The summed E-state index contributed by atoms with van der Waals surface area (Å²) < 4.78 is 13.2. The lowest BCUT2D eigenvalue weighted by Crippen LogP contribution is -2.24. The van der Waals surface area contributed by atoms with Gasteiger partial charge in [0.25, 0.3) is 5.91 Å². The maximum atomic E-state index is 12.3. The molecule has 4 aromatic carbocycles. The van der Waals surface area contributed by atoms with Crippen LogP contribution in [0.15, 0.2) is 120 Å².